The second-order valence-corrected chi connectivity index (χ2v) is 6.81. The Morgan fingerprint density at radius 3 is 2.95 bits per heavy atom. The smallest absolute Gasteiger partial charge is 0.224 e. The summed E-state index contributed by atoms with van der Waals surface area (Å²) in [5, 5.41) is 13.9. The van der Waals surface area contributed by atoms with Crippen molar-refractivity contribution >= 4 is 16.8 Å². The second-order valence-electron chi connectivity index (χ2n) is 6.81. The molecule has 1 heterocycles. The quantitative estimate of drug-likeness (QED) is 0.810. The van der Waals surface area contributed by atoms with Gasteiger partial charge in [0.15, 0.2) is 0 Å². The van der Waals surface area contributed by atoms with E-state index in [-0.39, 0.29) is 24.5 Å². The van der Waals surface area contributed by atoms with E-state index in [0.29, 0.717) is 18.3 Å². The lowest BCUT2D eigenvalue weighted by molar-refractivity contribution is -0.122. The number of hydrogen-bond donors (Lipinski definition) is 3. The van der Waals surface area contributed by atoms with Crippen LogP contribution in [0.15, 0.2) is 30.5 Å². The van der Waals surface area contributed by atoms with E-state index in [1.165, 1.54) is 19.3 Å². The number of aliphatic hydroxyl groups is 1. The Balaban J connectivity index is 1.47. The number of aromatic amines is 1. The maximum atomic E-state index is 12.4. The van der Waals surface area contributed by atoms with Crippen LogP contribution >= 0.6 is 0 Å². The Morgan fingerprint density at radius 1 is 1.27 bits per heavy atom. The molecule has 1 amide bonds. The third-order valence-corrected chi connectivity index (χ3v) is 5.65. The minimum Gasteiger partial charge on any atom is -0.396 e. The number of para-hydroxylation sites is 1. The number of rotatable bonds is 4. The van der Waals surface area contributed by atoms with Crippen LogP contribution in [0.3, 0.4) is 0 Å². The Kier molecular flexibility index (Phi) is 3.41. The van der Waals surface area contributed by atoms with Gasteiger partial charge in [0.1, 0.15) is 0 Å². The van der Waals surface area contributed by atoms with Crippen molar-refractivity contribution in [1.29, 1.82) is 0 Å². The zero-order valence-corrected chi connectivity index (χ0v) is 12.6. The Hall–Kier alpha value is -1.81. The van der Waals surface area contributed by atoms with E-state index in [1.54, 1.807) is 0 Å². The molecule has 3 N–H and O–H groups in total. The van der Waals surface area contributed by atoms with Crippen molar-refractivity contribution in [1.82, 2.24) is 10.3 Å². The summed E-state index contributed by atoms with van der Waals surface area (Å²) in [5.41, 5.74) is 2.11. The van der Waals surface area contributed by atoms with Gasteiger partial charge in [0.25, 0.3) is 0 Å². The Morgan fingerprint density at radius 2 is 2.09 bits per heavy atom. The molecule has 2 bridgehead atoms. The van der Waals surface area contributed by atoms with Crippen LogP contribution in [-0.2, 0) is 11.2 Å². The first-order chi connectivity index (χ1) is 10.8. The molecule has 0 radical (unpaired) electrons. The summed E-state index contributed by atoms with van der Waals surface area (Å²) in [6.07, 6.45) is 5.90. The van der Waals surface area contributed by atoms with Crippen LogP contribution in [0.4, 0.5) is 0 Å². The molecule has 116 valence electrons. The minimum absolute atomic E-state index is 0.0701. The van der Waals surface area contributed by atoms with Gasteiger partial charge in [-0.05, 0) is 42.7 Å². The number of benzene rings is 1. The van der Waals surface area contributed by atoms with Crippen molar-refractivity contribution in [3.63, 3.8) is 0 Å². The number of amides is 1. The number of aromatic nitrogens is 1. The van der Waals surface area contributed by atoms with Crippen molar-refractivity contribution in [3.05, 3.63) is 36.0 Å². The Labute approximate surface area is 129 Å². The molecule has 2 aromatic rings. The van der Waals surface area contributed by atoms with Crippen LogP contribution in [0.25, 0.3) is 10.9 Å². The fourth-order valence-corrected chi connectivity index (χ4v) is 4.59. The van der Waals surface area contributed by atoms with Crippen LogP contribution in [0.5, 0.6) is 0 Å². The highest BCUT2D eigenvalue weighted by atomic mass is 16.3. The fourth-order valence-electron chi connectivity index (χ4n) is 4.59. The number of carbonyl (C=O) groups is 1. The molecule has 4 rings (SSSR count). The van der Waals surface area contributed by atoms with Crippen LogP contribution in [0.2, 0.25) is 0 Å². The first kappa shape index (κ1) is 13.8. The van der Waals surface area contributed by atoms with Gasteiger partial charge in [-0.1, -0.05) is 18.2 Å². The molecule has 2 fully saturated rings. The third kappa shape index (κ3) is 2.22. The molecule has 0 aliphatic heterocycles. The van der Waals surface area contributed by atoms with E-state index in [1.807, 2.05) is 30.5 Å². The number of hydrogen-bond acceptors (Lipinski definition) is 2. The van der Waals surface area contributed by atoms with Gasteiger partial charge < -0.3 is 15.4 Å². The van der Waals surface area contributed by atoms with Gasteiger partial charge in [-0.15, -0.1) is 0 Å². The normalized spacial score (nSPS) is 30.0. The topological polar surface area (TPSA) is 65.1 Å². The lowest BCUT2D eigenvalue weighted by Crippen LogP contribution is -2.45. The number of fused-ring (bicyclic) bond motifs is 3. The highest BCUT2D eigenvalue weighted by Gasteiger charge is 2.47. The predicted octanol–water partition coefficient (Wildman–Crippen LogP) is 2.23. The first-order valence-corrected chi connectivity index (χ1v) is 8.21. The average Bonchev–Trinajstić information content (AvgIpc) is 3.22. The molecule has 2 aliphatic rings. The summed E-state index contributed by atoms with van der Waals surface area (Å²) in [6, 6.07) is 8.22. The van der Waals surface area contributed by atoms with E-state index in [4.69, 9.17) is 0 Å². The predicted molar refractivity (Wildman–Crippen MR) is 85.3 cm³/mol. The maximum absolute atomic E-state index is 12.4. The van der Waals surface area contributed by atoms with E-state index < -0.39 is 0 Å². The van der Waals surface area contributed by atoms with Gasteiger partial charge in [0.05, 0.1) is 6.42 Å². The maximum Gasteiger partial charge on any atom is 0.224 e. The highest BCUT2D eigenvalue weighted by Crippen LogP contribution is 2.48. The zero-order chi connectivity index (χ0) is 15.1. The number of nitrogens with one attached hydrogen (secondary N) is 2. The molecule has 2 aliphatic carbocycles. The fraction of sp³-hybridized carbons (Fsp3) is 0.500. The number of H-pyrrole nitrogens is 1. The first-order valence-electron chi connectivity index (χ1n) is 8.21. The number of aliphatic hydroxyl groups excluding tert-OH is 1. The van der Waals surface area contributed by atoms with Crippen LogP contribution in [0, 0.1) is 17.8 Å². The highest BCUT2D eigenvalue weighted by molar-refractivity contribution is 5.88. The largest absolute Gasteiger partial charge is 0.396 e. The molecule has 22 heavy (non-hydrogen) atoms. The summed E-state index contributed by atoms with van der Waals surface area (Å²) in [5.74, 6) is 1.49. The zero-order valence-electron chi connectivity index (χ0n) is 12.6. The minimum atomic E-state index is 0.0701. The van der Waals surface area contributed by atoms with E-state index in [0.717, 1.165) is 16.5 Å². The van der Waals surface area contributed by atoms with Crippen molar-refractivity contribution < 1.29 is 9.90 Å². The third-order valence-electron chi connectivity index (χ3n) is 5.65. The molecule has 0 spiro atoms. The van der Waals surface area contributed by atoms with E-state index in [2.05, 4.69) is 10.3 Å². The SMILES string of the molecule is O=C(Cc1c[nH]c2ccccc12)NC1C2CCC(C2)C1CO. The molecule has 4 atom stereocenters. The summed E-state index contributed by atoms with van der Waals surface area (Å²) in [4.78, 5) is 15.7. The molecular weight excluding hydrogens is 276 g/mol. The summed E-state index contributed by atoms with van der Waals surface area (Å²) < 4.78 is 0. The molecule has 1 aromatic heterocycles. The van der Waals surface area contributed by atoms with Crippen LogP contribution < -0.4 is 5.32 Å². The van der Waals surface area contributed by atoms with Gasteiger partial charge in [-0.25, -0.2) is 0 Å². The molecule has 4 heteroatoms. The van der Waals surface area contributed by atoms with Crippen molar-refractivity contribution in [2.24, 2.45) is 17.8 Å². The van der Waals surface area contributed by atoms with Crippen molar-refractivity contribution in [3.8, 4) is 0 Å². The van der Waals surface area contributed by atoms with Crippen molar-refractivity contribution in [2.75, 3.05) is 6.61 Å². The molecule has 4 nitrogen and oxygen atoms in total. The van der Waals surface area contributed by atoms with Gasteiger partial charge in [0, 0.05) is 35.7 Å². The summed E-state index contributed by atoms with van der Waals surface area (Å²) in [6.45, 7) is 0.194. The summed E-state index contributed by atoms with van der Waals surface area (Å²) in [7, 11) is 0. The monoisotopic (exact) mass is 298 g/mol. The van der Waals surface area contributed by atoms with Gasteiger partial charge in [-0.3, -0.25) is 4.79 Å². The lowest BCUT2D eigenvalue weighted by Gasteiger charge is -2.30. The lowest BCUT2D eigenvalue weighted by atomic mass is 9.85. The molecule has 4 unspecified atom stereocenters. The average molecular weight is 298 g/mol. The van der Waals surface area contributed by atoms with Crippen LogP contribution in [0.1, 0.15) is 24.8 Å². The van der Waals surface area contributed by atoms with E-state index >= 15 is 0 Å². The standard InChI is InChI=1S/C18H22N2O2/c21-10-15-11-5-6-12(7-11)18(15)20-17(22)8-13-9-19-16-4-2-1-3-14(13)16/h1-4,9,11-12,15,18-19,21H,5-8,10H2,(H,20,22). The molecule has 2 saturated carbocycles. The van der Waals surface area contributed by atoms with Gasteiger partial charge >= 0.3 is 0 Å². The second kappa shape index (κ2) is 5.43. The van der Waals surface area contributed by atoms with Crippen molar-refractivity contribution in [2.45, 2.75) is 31.7 Å². The number of carbonyl (C=O) groups excluding carboxylic acids is 1. The summed E-state index contributed by atoms with van der Waals surface area (Å²) >= 11 is 0. The van der Waals surface area contributed by atoms with Gasteiger partial charge in [-0.2, -0.15) is 0 Å². The molecule has 1 aromatic carbocycles. The molecular formula is C18H22N2O2. The molecule has 0 saturated heterocycles. The Bertz CT molecular complexity index is 693. The van der Waals surface area contributed by atoms with Crippen LogP contribution in [-0.4, -0.2) is 28.6 Å². The van der Waals surface area contributed by atoms with E-state index in [9.17, 15) is 9.90 Å². The van der Waals surface area contributed by atoms with Gasteiger partial charge in [0.2, 0.25) is 5.91 Å².